The Morgan fingerprint density at radius 3 is 2.36 bits per heavy atom. The number of rotatable bonds is 7. The van der Waals surface area contributed by atoms with Crippen molar-refractivity contribution >= 4 is 30.9 Å². The number of aliphatic hydroxyl groups excluding tert-OH is 1. The van der Waals surface area contributed by atoms with Crippen LogP contribution in [0, 0.1) is 0 Å². The molecule has 0 unspecified atom stereocenters. The lowest BCUT2D eigenvalue weighted by Crippen LogP contribution is -2.68. The Labute approximate surface area is 210 Å². The molecule has 0 saturated carbocycles. The van der Waals surface area contributed by atoms with Gasteiger partial charge in [-0.3, -0.25) is 0 Å². The highest BCUT2D eigenvalue weighted by Gasteiger charge is 2.57. The molecule has 2 N–H and O–H groups in total. The van der Waals surface area contributed by atoms with Gasteiger partial charge in [-0.1, -0.05) is 6.07 Å². The highest BCUT2D eigenvalue weighted by molar-refractivity contribution is 7.89. The lowest BCUT2D eigenvalue weighted by atomic mass is 9.70. The van der Waals surface area contributed by atoms with Crippen LogP contribution in [0.4, 0.5) is 0 Å². The molecule has 0 bridgehead atoms. The fourth-order valence-electron chi connectivity index (χ4n) is 5.38. The molecule has 1 saturated heterocycles. The van der Waals surface area contributed by atoms with Crippen LogP contribution in [0.1, 0.15) is 24.2 Å². The van der Waals surface area contributed by atoms with Crippen molar-refractivity contribution < 1.29 is 31.4 Å². The summed E-state index contributed by atoms with van der Waals surface area (Å²) in [5.74, 6) is 0.984. The van der Waals surface area contributed by atoms with Crippen molar-refractivity contribution in [2.75, 3.05) is 46.2 Å². The van der Waals surface area contributed by atoms with E-state index in [1.165, 1.54) is 27.9 Å². The Kier molecular flexibility index (Phi) is 6.07. The highest BCUT2D eigenvalue weighted by atomic mass is 32.2. The Hall–Kier alpha value is -2.64. The quantitative estimate of drug-likeness (QED) is 0.472. The number of ether oxygens (including phenoxy) is 2. The largest absolute Gasteiger partial charge is 0.497 e. The molecule has 194 valence electrons. The molecular weight excluding hydrogens is 506 g/mol. The van der Waals surface area contributed by atoms with Gasteiger partial charge in [0.05, 0.1) is 37.5 Å². The third-order valence-electron chi connectivity index (χ3n) is 7.24. The zero-order valence-electron chi connectivity index (χ0n) is 20.3. The average molecular weight is 536 g/mol. The summed E-state index contributed by atoms with van der Waals surface area (Å²) in [5, 5.41) is 11.3. The maximum Gasteiger partial charge on any atom is 0.243 e. The first kappa shape index (κ1) is 25.0. The van der Waals surface area contributed by atoms with E-state index in [9.17, 15) is 21.9 Å². The van der Waals surface area contributed by atoms with E-state index >= 15 is 0 Å². The molecule has 0 aliphatic carbocycles. The fraction of sp³-hybridized carbons (Fsp3) is 0.417. The Morgan fingerprint density at radius 2 is 1.72 bits per heavy atom. The van der Waals surface area contributed by atoms with Crippen molar-refractivity contribution in [3.05, 3.63) is 53.7 Å². The second kappa shape index (κ2) is 8.73. The Morgan fingerprint density at radius 1 is 1.03 bits per heavy atom. The van der Waals surface area contributed by atoms with Crippen molar-refractivity contribution in [3.8, 4) is 11.5 Å². The molecule has 3 aromatic rings. The van der Waals surface area contributed by atoms with E-state index in [-0.39, 0.29) is 30.3 Å². The van der Waals surface area contributed by atoms with Crippen molar-refractivity contribution in [1.29, 1.82) is 0 Å². The lowest BCUT2D eigenvalue weighted by molar-refractivity contribution is 0.0768. The number of aromatic amines is 1. The molecule has 1 fully saturated rings. The third-order valence-corrected chi connectivity index (χ3v) is 10.9. The molecule has 2 aliphatic rings. The number of fused-ring (bicyclic) bond motifs is 4. The SMILES string of the molecule is CCS(=O)(=O)N1CC2(C1)CN(S(=O)(=O)c1cccc(OC)c1)[C@@H](CO)c1[nH]c3cc(OC)ccc3c12. The van der Waals surface area contributed by atoms with Crippen LogP contribution in [0.15, 0.2) is 47.4 Å². The number of benzene rings is 2. The van der Waals surface area contributed by atoms with Crippen molar-refractivity contribution in [2.24, 2.45) is 0 Å². The van der Waals surface area contributed by atoms with Crippen LogP contribution in [0.5, 0.6) is 11.5 Å². The van der Waals surface area contributed by atoms with Gasteiger partial charge in [0.1, 0.15) is 11.5 Å². The summed E-state index contributed by atoms with van der Waals surface area (Å²) in [7, 11) is -4.51. The normalized spacial score (nSPS) is 20.3. The maximum absolute atomic E-state index is 13.9. The first-order valence-electron chi connectivity index (χ1n) is 11.5. The fourth-order valence-corrected chi connectivity index (χ4v) is 8.34. The van der Waals surface area contributed by atoms with E-state index in [1.807, 2.05) is 18.2 Å². The van der Waals surface area contributed by atoms with Gasteiger partial charge in [0.25, 0.3) is 0 Å². The number of sulfonamides is 2. The van der Waals surface area contributed by atoms with E-state index in [1.54, 1.807) is 26.2 Å². The monoisotopic (exact) mass is 535 g/mol. The smallest absolute Gasteiger partial charge is 0.243 e. The van der Waals surface area contributed by atoms with Gasteiger partial charge >= 0.3 is 0 Å². The molecule has 0 amide bonds. The summed E-state index contributed by atoms with van der Waals surface area (Å²) in [4.78, 5) is 3.36. The molecule has 10 nitrogen and oxygen atoms in total. The first-order valence-corrected chi connectivity index (χ1v) is 14.6. The Bertz CT molecular complexity index is 1530. The average Bonchev–Trinajstić information content (AvgIpc) is 3.25. The predicted octanol–water partition coefficient (Wildman–Crippen LogP) is 1.83. The molecule has 3 heterocycles. The molecule has 1 atom stereocenters. The Balaban J connectivity index is 1.69. The van der Waals surface area contributed by atoms with Crippen LogP contribution in [-0.2, 0) is 25.5 Å². The third kappa shape index (κ3) is 3.70. The van der Waals surface area contributed by atoms with E-state index in [2.05, 4.69) is 4.98 Å². The molecule has 2 aliphatic heterocycles. The zero-order chi connectivity index (χ0) is 25.9. The topological polar surface area (TPSA) is 129 Å². The summed E-state index contributed by atoms with van der Waals surface area (Å²) in [6.07, 6.45) is 0. The summed E-state index contributed by atoms with van der Waals surface area (Å²) in [5.41, 5.74) is 1.36. The van der Waals surface area contributed by atoms with Gasteiger partial charge in [-0.2, -0.15) is 8.61 Å². The van der Waals surface area contributed by atoms with Gasteiger partial charge in [0.15, 0.2) is 0 Å². The number of nitrogens with zero attached hydrogens (tertiary/aromatic N) is 2. The standard InChI is InChI=1S/C24H29N3O7S2/c1-4-35(29,30)26-13-24(14-26)15-27(36(31,32)18-7-5-6-16(10-18)33-2)21(12-28)23-22(24)19-9-8-17(34-3)11-20(19)25-23/h5-11,21,25,28H,4,12-15H2,1-3H3/t21-/m0/s1. The summed E-state index contributed by atoms with van der Waals surface area (Å²) < 4.78 is 66.3. The van der Waals surface area contributed by atoms with Gasteiger partial charge < -0.3 is 19.6 Å². The van der Waals surface area contributed by atoms with Crippen molar-refractivity contribution in [3.63, 3.8) is 0 Å². The molecule has 0 radical (unpaired) electrons. The number of nitrogens with one attached hydrogen (secondary N) is 1. The molecule has 12 heteroatoms. The minimum Gasteiger partial charge on any atom is -0.497 e. The first-order chi connectivity index (χ1) is 17.1. The lowest BCUT2D eigenvalue weighted by Gasteiger charge is -2.54. The predicted molar refractivity (Wildman–Crippen MR) is 134 cm³/mol. The molecule has 2 aromatic carbocycles. The highest BCUT2D eigenvalue weighted by Crippen LogP contribution is 2.50. The number of H-pyrrole nitrogens is 1. The minimum atomic E-state index is -4.07. The number of methoxy groups -OCH3 is 2. The molecule has 5 rings (SSSR count). The van der Waals surface area contributed by atoms with Gasteiger partial charge in [-0.15, -0.1) is 0 Å². The molecule has 36 heavy (non-hydrogen) atoms. The van der Waals surface area contributed by atoms with Crippen LogP contribution in [-0.4, -0.2) is 81.8 Å². The van der Waals surface area contributed by atoms with Crippen LogP contribution in [0.2, 0.25) is 0 Å². The van der Waals surface area contributed by atoms with Crippen LogP contribution < -0.4 is 9.47 Å². The van der Waals surface area contributed by atoms with Crippen molar-refractivity contribution in [1.82, 2.24) is 13.6 Å². The summed E-state index contributed by atoms with van der Waals surface area (Å²) in [6.45, 7) is 1.47. The van der Waals surface area contributed by atoms with E-state index in [4.69, 9.17) is 9.47 Å². The zero-order valence-corrected chi connectivity index (χ0v) is 21.9. The van der Waals surface area contributed by atoms with Crippen molar-refractivity contribution in [2.45, 2.75) is 23.3 Å². The number of aliphatic hydroxyl groups is 1. The van der Waals surface area contributed by atoms with Gasteiger partial charge in [-0.05, 0) is 36.8 Å². The number of hydrogen-bond donors (Lipinski definition) is 2. The molecule has 1 spiro atoms. The summed E-state index contributed by atoms with van der Waals surface area (Å²) >= 11 is 0. The molecule has 1 aromatic heterocycles. The second-order valence-electron chi connectivity index (χ2n) is 9.20. The summed E-state index contributed by atoms with van der Waals surface area (Å²) in [6, 6.07) is 10.8. The number of hydrogen-bond acceptors (Lipinski definition) is 7. The van der Waals surface area contributed by atoms with Gasteiger partial charge in [0, 0.05) is 53.8 Å². The van der Waals surface area contributed by atoms with E-state index < -0.39 is 38.1 Å². The maximum atomic E-state index is 13.9. The minimum absolute atomic E-state index is 0.0273. The van der Waals surface area contributed by atoms with Gasteiger partial charge in [-0.25, -0.2) is 16.8 Å². The second-order valence-corrected chi connectivity index (χ2v) is 13.3. The van der Waals surface area contributed by atoms with E-state index in [0.717, 1.165) is 16.5 Å². The van der Waals surface area contributed by atoms with Crippen LogP contribution >= 0.6 is 0 Å². The number of aromatic nitrogens is 1. The molecular formula is C24H29N3O7S2. The van der Waals surface area contributed by atoms with Crippen LogP contribution in [0.3, 0.4) is 0 Å². The van der Waals surface area contributed by atoms with Crippen LogP contribution in [0.25, 0.3) is 10.9 Å². The van der Waals surface area contributed by atoms with Gasteiger partial charge in [0.2, 0.25) is 20.0 Å². The van der Waals surface area contributed by atoms with E-state index in [0.29, 0.717) is 17.2 Å².